The molecule has 2 amide bonds. The molecular formula is C26H36N4O3. The molecule has 1 saturated heterocycles. The Morgan fingerprint density at radius 1 is 1.09 bits per heavy atom. The summed E-state index contributed by atoms with van der Waals surface area (Å²) in [4.78, 5) is 29.6. The fraction of sp³-hybridized carbons (Fsp3) is 0.462. The van der Waals surface area contributed by atoms with Gasteiger partial charge in [0, 0.05) is 50.4 Å². The zero-order valence-electron chi connectivity index (χ0n) is 19.9. The highest BCUT2D eigenvalue weighted by atomic mass is 16.3. The smallest absolute Gasteiger partial charge is 0.252 e. The van der Waals surface area contributed by atoms with Crippen molar-refractivity contribution in [2.45, 2.75) is 32.7 Å². The van der Waals surface area contributed by atoms with Crippen molar-refractivity contribution < 1.29 is 14.7 Å². The summed E-state index contributed by atoms with van der Waals surface area (Å²) in [6.45, 7) is 8.12. The average molecular weight is 453 g/mol. The molecule has 1 aliphatic rings. The van der Waals surface area contributed by atoms with Gasteiger partial charge in [0.25, 0.3) is 5.91 Å². The SMILES string of the molecule is Cc1ccc(N2CCN(C)CC2)cc1C(=O)NC(C)c1cccc(CCC(=O)NCCO)c1. The zero-order chi connectivity index (χ0) is 23.8. The van der Waals surface area contributed by atoms with Crippen molar-refractivity contribution in [3.63, 3.8) is 0 Å². The van der Waals surface area contributed by atoms with E-state index in [4.69, 9.17) is 5.11 Å². The van der Waals surface area contributed by atoms with Gasteiger partial charge in [-0.2, -0.15) is 0 Å². The van der Waals surface area contributed by atoms with Crippen LogP contribution >= 0.6 is 0 Å². The van der Waals surface area contributed by atoms with Crippen LogP contribution in [0.15, 0.2) is 42.5 Å². The van der Waals surface area contributed by atoms with E-state index in [0.29, 0.717) is 18.4 Å². The van der Waals surface area contributed by atoms with Gasteiger partial charge in [0.1, 0.15) is 0 Å². The molecule has 1 unspecified atom stereocenters. The summed E-state index contributed by atoms with van der Waals surface area (Å²) >= 11 is 0. The van der Waals surface area contributed by atoms with Crippen LogP contribution in [0.25, 0.3) is 0 Å². The molecule has 178 valence electrons. The molecule has 3 rings (SSSR count). The molecule has 0 aliphatic carbocycles. The lowest BCUT2D eigenvalue weighted by Gasteiger charge is -2.34. The van der Waals surface area contributed by atoms with Gasteiger partial charge in [0.15, 0.2) is 0 Å². The Bertz CT molecular complexity index is 954. The van der Waals surface area contributed by atoms with Gasteiger partial charge in [-0.25, -0.2) is 0 Å². The highest BCUT2D eigenvalue weighted by molar-refractivity contribution is 5.96. The monoisotopic (exact) mass is 452 g/mol. The summed E-state index contributed by atoms with van der Waals surface area (Å²) in [7, 11) is 2.13. The van der Waals surface area contributed by atoms with Gasteiger partial charge in [-0.1, -0.05) is 30.3 Å². The molecule has 1 fully saturated rings. The topological polar surface area (TPSA) is 84.9 Å². The number of anilines is 1. The van der Waals surface area contributed by atoms with Crippen molar-refractivity contribution in [3.8, 4) is 0 Å². The van der Waals surface area contributed by atoms with Crippen molar-refractivity contribution in [3.05, 3.63) is 64.7 Å². The van der Waals surface area contributed by atoms with E-state index in [1.165, 1.54) is 0 Å². The summed E-state index contributed by atoms with van der Waals surface area (Å²) in [6.07, 6.45) is 0.973. The standard InChI is InChI=1S/C26H36N4O3/c1-19-7-9-23(30-14-12-29(3)13-15-30)18-24(19)26(33)28-20(2)22-6-4-5-21(17-22)8-10-25(32)27-11-16-31/h4-7,9,17-18,20,31H,8,10-16H2,1-3H3,(H,27,32)(H,28,33). The van der Waals surface area contributed by atoms with Crippen LogP contribution in [0.2, 0.25) is 0 Å². The van der Waals surface area contributed by atoms with Crippen molar-refractivity contribution >= 4 is 17.5 Å². The first-order chi connectivity index (χ1) is 15.9. The van der Waals surface area contributed by atoms with Crippen LogP contribution in [-0.4, -0.2) is 68.2 Å². The number of piperazine rings is 1. The first kappa shape index (κ1) is 24.7. The van der Waals surface area contributed by atoms with Gasteiger partial charge in [-0.05, 0) is 56.1 Å². The van der Waals surface area contributed by atoms with Gasteiger partial charge >= 0.3 is 0 Å². The second-order valence-corrected chi connectivity index (χ2v) is 8.80. The van der Waals surface area contributed by atoms with E-state index in [-0.39, 0.29) is 31.0 Å². The number of aliphatic hydroxyl groups is 1. The Kier molecular flexibility index (Phi) is 8.86. The molecule has 2 aromatic carbocycles. The number of carbonyl (C=O) groups is 2. The number of nitrogens with one attached hydrogen (secondary N) is 2. The van der Waals surface area contributed by atoms with E-state index in [1.54, 1.807) is 0 Å². The fourth-order valence-electron chi connectivity index (χ4n) is 4.03. The molecule has 0 radical (unpaired) electrons. The molecule has 0 saturated carbocycles. The van der Waals surface area contributed by atoms with Gasteiger partial charge in [0.05, 0.1) is 12.6 Å². The summed E-state index contributed by atoms with van der Waals surface area (Å²) < 4.78 is 0. The molecule has 0 bridgehead atoms. The van der Waals surface area contributed by atoms with E-state index in [9.17, 15) is 9.59 Å². The minimum Gasteiger partial charge on any atom is -0.395 e. The predicted molar refractivity (Wildman–Crippen MR) is 132 cm³/mol. The predicted octanol–water partition coefficient (Wildman–Crippen LogP) is 2.28. The van der Waals surface area contributed by atoms with Crippen LogP contribution in [-0.2, 0) is 11.2 Å². The number of rotatable bonds is 9. The highest BCUT2D eigenvalue weighted by Gasteiger charge is 2.18. The molecule has 2 aromatic rings. The van der Waals surface area contributed by atoms with Crippen molar-refractivity contribution in [2.24, 2.45) is 0 Å². The van der Waals surface area contributed by atoms with Crippen LogP contribution in [0.1, 0.15) is 46.4 Å². The molecule has 1 aliphatic heterocycles. The van der Waals surface area contributed by atoms with Gasteiger partial charge in [-0.3, -0.25) is 9.59 Å². The Balaban J connectivity index is 1.63. The van der Waals surface area contributed by atoms with E-state index in [2.05, 4.69) is 33.5 Å². The lowest BCUT2D eigenvalue weighted by molar-refractivity contribution is -0.121. The second-order valence-electron chi connectivity index (χ2n) is 8.80. The summed E-state index contributed by atoms with van der Waals surface area (Å²) in [6, 6.07) is 13.9. The summed E-state index contributed by atoms with van der Waals surface area (Å²) in [5.41, 5.74) is 4.80. The van der Waals surface area contributed by atoms with Crippen LogP contribution in [0.3, 0.4) is 0 Å². The minimum absolute atomic E-state index is 0.0593. The third kappa shape index (κ3) is 7.04. The Hall–Kier alpha value is -2.90. The number of carbonyl (C=O) groups excluding carboxylic acids is 2. The lowest BCUT2D eigenvalue weighted by Crippen LogP contribution is -2.44. The van der Waals surface area contributed by atoms with Gasteiger partial charge in [-0.15, -0.1) is 0 Å². The lowest BCUT2D eigenvalue weighted by atomic mass is 10.0. The zero-order valence-corrected chi connectivity index (χ0v) is 19.9. The Labute approximate surface area is 196 Å². The maximum atomic E-state index is 13.1. The van der Waals surface area contributed by atoms with E-state index in [0.717, 1.165) is 48.6 Å². The third-order valence-electron chi connectivity index (χ3n) is 6.21. The molecule has 0 spiro atoms. The molecular weight excluding hydrogens is 416 g/mol. The van der Waals surface area contributed by atoms with Gasteiger partial charge in [0.2, 0.25) is 5.91 Å². The largest absolute Gasteiger partial charge is 0.395 e. The normalized spacial score (nSPS) is 15.2. The second kappa shape index (κ2) is 11.8. The molecule has 33 heavy (non-hydrogen) atoms. The number of amides is 2. The van der Waals surface area contributed by atoms with Gasteiger partial charge < -0.3 is 25.5 Å². The number of nitrogens with zero attached hydrogens (tertiary/aromatic N) is 2. The first-order valence-electron chi connectivity index (χ1n) is 11.7. The third-order valence-corrected chi connectivity index (χ3v) is 6.21. The van der Waals surface area contributed by atoms with Crippen molar-refractivity contribution in [2.75, 3.05) is 51.3 Å². The molecule has 7 heteroatoms. The van der Waals surface area contributed by atoms with Crippen LogP contribution in [0.4, 0.5) is 5.69 Å². The van der Waals surface area contributed by atoms with Crippen LogP contribution in [0, 0.1) is 6.92 Å². The average Bonchev–Trinajstić information content (AvgIpc) is 2.82. The quantitative estimate of drug-likeness (QED) is 0.544. The molecule has 1 atom stereocenters. The molecule has 0 aromatic heterocycles. The number of hydrogen-bond donors (Lipinski definition) is 3. The number of hydrogen-bond acceptors (Lipinski definition) is 5. The Morgan fingerprint density at radius 3 is 2.58 bits per heavy atom. The van der Waals surface area contributed by atoms with E-state index >= 15 is 0 Å². The van der Waals surface area contributed by atoms with E-state index < -0.39 is 0 Å². The molecule has 7 nitrogen and oxygen atoms in total. The maximum Gasteiger partial charge on any atom is 0.252 e. The van der Waals surface area contributed by atoms with Crippen LogP contribution < -0.4 is 15.5 Å². The molecule has 3 N–H and O–H groups in total. The van der Waals surface area contributed by atoms with Crippen molar-refractivity contribution in [1.29, 1.82) is 0 Å². The number of benzene rings is 2. The number of likely N-dealkylation sites (N-methyl/N-ethyl adjacent to an activating group) is 1. The van der Waals surface area contributed by atoms with Crippen LogP contribution in [0.5, 0.6) is 0 Å². The number of aliphatic hydroxyl groups excluding tert-OH is 1. The van der Waals surface area contributed by atoms with Crippen molar-refractivity contribution in [1.82, 2.24) is 15.5 Å². The summed E-state index contributed by atoms with van der Waals surface area (Å²) in [5, 5.41) is 14.6. The number of aryl methyl sites for hydroxylation is 2. The Morgan fingerprint density at radius 2 is 1.85 bits per heavy atom. The fourth-order valence-corrected chi connectivity index (χ4v) is 4.03. The molecule has 1 heterocycles. The first-order valence-corrected chi connectivity index (χ1v) is 11.7. The van der Waals surface area contributed by atoms with E-state index in [1.807, 2.05) is 50.2 Å². The minimum atomic E-state index is -0.160. The highest BCUT2D eigenvalue weighted by Crippen LogP contribution is 2.22. The maximum absolute atomic E-state index is 13.1. The summed E-state index contributed by atoms with van der Waals surface area (Å²) in [5.74, 6) is -0.156.